The molecule has 0 fully saturated rings. The summed E-state index contributed by atoms with van der Waals surface area (Å²) in [5.74, 6) is -0.718. The van der Waals surface area contributed by atoms with Gasteiger partial charge in [-0.15, -0.1) is 0 Å². The molecular weight excluding hydrogens is 329 g/mol. The summed E-state index contributed by atoms with van der Waals surface area (Å²) < 4.78 is 29.5. The SMILES string of the molecule is CC(=O)c1c(C)[nH]c(C(=O)OCc2cc(F)cc3c2OCOC3)c1C. The van der Waals surface area contributed by atoms with Crippen LogP contribution in [0.1, 0.15) is 50.2 Å². The number of ether oxygens (including phenoxy) is 3. The average molecular weight is 347 g/mol. The van der Waals surface area contributed by atoms with Crippen molar-refractivity contribution in [3.8, 4) is 5.75 Å². The fourth-order valence-electron chi connectivity index (χ4n) is 3.06. The topological polar surface area (TPSA) is 77.6 Å². The molecule has 7 heteroatoms. The second-order valence-corrected chi connectivity index (χ2v) is 5.92. The number of hydrogen-bond acceptors (Lipinski definition) is 5. The van der Waals surface area contributed by atoms with Crippen LogP contribution < -0.4 is 4.74 Å². The van der Waals surface area contributed by atoms with Crippen molar-refractivity contribution in [3.63, 3.8) is 0 Å². The Kier molecular flexibility index (Phi) is 4.59. The monoisotopic (exact) mass is 347 g/mol. The average Bonchev–Trinajstić information content (AvgIpc) is 2.86. The van der Waals surface area contributed by atoms with Gasteiger partial charge in [0.05, 0.1) is 6.61 Å². The molecule has 1 aliphatic rings. The molecule has 3 rings (SSSR count). The molecule has 6 nitrogen and oxygen atoms in total. The molecule has 0 radical (unpaired) electrons. The molecule has 0 saturated heterocycles. The molecule has 0 unspecified atom stereocenters. The number of aromatic amines is 1. The minimum atomic E-state index is -0.613. The molecule has 2 aromatic rings. The molecular formula is C18H18FNO5. The van der Waals surface area contributed by atoms with Gasteiger partial charge >= 0.3 is 5.97 Å². The maximum Gasteiger partial charge on any atom is 0.355 e. The number of esters is 1. The number of halogens is 1. The van der Waals surface area contributed by atoms with Crippen molar-refractivity contribution in [1.82, 2.24) is 4.98 Å². The summed E-state index contributed by atoms with van der Waals surface area (Å²) in [6.45, 7) is 5.00. The maximum absolute atomic E-state index is 13.7. The molecule has 25 heavy (non-hydrogen) atoms. The maximum atomic E-state index is 13.7. The van der Waals surface area contributed by atoms with Gasteiger partial charge in [0, 0.05) is 22.4 Å². The van der Waals surface area contributed by atoms with E-state index in [1.807, 2.05) is 0 Å². The zero-order valence-corrected chi connectivity index (χ0v) is 14.2. The van der Waals surface area contributed by atoms with Gasteiger partial charge < -0.3 is 19.2 Å². The van der Waals surface area contributed by atoms with Crippen LogP contribution >= 0.6 is 0 Å². The first-order valence-corrected chi connectivity index (χ1v) is 7.77. The Morgan fingerprint density at radius 2 is 2.08 bits per heavy atom. The summed E-state index contributed by atoms with van der Waals surface area (Å²) in [6, 6.07) is 2.60. The van der Waals surface area contributed by atoms with Crippen LogP contribution in [-0.4, -0.2) is 23.5 Å². The van der Waals surface area contributed by atoms with E-state index in [4.69, 9.17) is 14.2 Å². The molecule has 1 aromatic heterocycles. The van der Waals surface area contributed by atoms with E-state index in [0.717, 1.165) is 0 Å². The number of hydrogen-bond donors (Lipinski definition) is 1. The molecule has 0 aliphatic carbocycles. The number of fused-ring (bicyclic) bond motifs is 1. The van der Waals surface area contributed by atoms with Crippen LogP contribution in [0.2, 0.25) is 0 Å². The van der Waals surface area contributed by atoms with E-state index in [1.165, 1.54) is 19.1 Å². The first-order valence-electron chi connectivity index (χ1n) is 7.77. The number of Topliss-reactive ketones (excluding diaryl/α,β-unsaturated/α-hetero) is 1. The zero-order chi connectivity index (χ0) is 18.1. The molecule has 0 amide bonds. The second kappa shape index (κ2) is 6.68. The lowest BCUT2D eigenvalue weighted by atomic mass is 10.1. The third-order valence-corrected chi connectivity index (χ3v) is 4.10. The number of H-pyrrole nitrogens is 1. The molecule has 1 aromatic carbocycles. The van der Waals surface area contributed by atoms with Crippen molar-refractivity contribution in [3.05, 3.63) is 51.6 Å². The number of nitrogens with one attached hydrogen (secondary N) is 1. The van der Waals surface area contributed by atoms with Crippen LogP contribution in [0.25, 0.3) is 0 Å². The quantitative estimate of drug-likeness (QED) is 0.679. The van der Waals surface area contributed by atoms with Crippen LogP contribution in [0.15, 0.2) is 12.1 Å². The first kappa shape index (κ1) is 17.2. The highest BCUT2D eigenvalue weighted by Gasteiger charge is 2.22. The lowest BCUT2D eigenvalue weighted by Crippen LogP contribution is -2.15. The highest BCUT2D eigenvalue weighted by molar-refractivity contribution is 6.01. The Hall–Kier alpha value is -2.67. The summed E-state index contributed by atoms with van der Waals surface area (Å²) in [6.07, 6.45) is 0. The Morgan fingerprint density at radius 1 is 1.32 bits per heavy atom. The lowest BCUT2D eigenvalue weighted by Gasteiger charge is -2.20. The summed E-state index contributed by atoms with van der Waals surface area (Å²) in [5.41, 5.74) is 2.86. The fourth-order valence-corrected chi connectivity index (χ4v) is 3.06. The van der Waals surface area contributed by atoms with Crippen molar-refractivity contribution >= 4 is 11.8 Å². The summed E-state index contributed by atoms with van der Waals surface area (Å²) in [5, 5.41) is 0. The highest BCUT2D eigenvalue weighted by Crippen LogP contribution is 2.30. The number of aryl methyl sites for hydroxylation is 1. The minimum absolute atomic E-state index is 0.0660. The van der Waals surface area contributed by atoms with Gasteiger partial charge in [-0.05, 0) is 38.5 Å². The predicted molar refractivity (Wildman–Crippen MR) is 86.1 cm³/mol. The summed E-state index contributed by atoms with van der Waals surface area (Å²) in [4.78, 5) is 26.9. The highest BCUT2D eigenvalue weighted by atomic mass is 19.1. The van der Waals surface area contributed by atoms with Crippen molar-refractivity contribution < 1.29 is 28.2 Å². The molecule has 0 saturated carbocycles. The van der Waals surface area contributed by atoms with Crippen LogP contribution in [0.4, 0.5) is 4.39 Å². The number of ketones is 1. The van der Waals surface area contributed by atoms with E-state index in [2.05, 4.69) is 4.98 Å². The predicted octanol–water partition coefficient (Wildman–Crippen LogP) is 3.20. The smallest absolute Gasteiger partial charge is 0.355 e. The van der Waals surface area contributed by atoms with E-state index < -0.39 is 11.8 Å². The van der Waals surface area contributed by atoms with Gasteiger partial charge in [0.25, 0.3) is 0 Å². The van der Waals surface area contributed by atoms with Crippen molar-refractivity contribution in [2.45, 2.75) is 34.0 Å². The first-order chi connectivity index (χ1) is 11.9. The Morgan fingerprint density at radius 3 is 2.76 bits per heavy atom. The van der Waals surface area contributed by atoms with Gasteiger partial charge in [-0.3, -0.25) is 4.79 Å². The fraction of sp³-hybridized carbons (Fsp3) is 0.333. The van der Waals surface area contributed by atoms with Crippen molar-refractivity contribution in [2.75, 3.05) is 6.79 Å². The second-order valence-electron chi connectivity index (χ2n) is 5.92. The van der Waals surface area contributed by atoms with E-state index >= 15 is 0 Å². The third kappa shape index (κ3) is 3.28. The molecule has 2 heterocycles. The Bertz CT molecular complexity index is 856. The van der Waals surface area contributed by atoms with E-state index in [9.17, 15) is 14.0 Å². The minimum Gasteiger partial charge on any atom is -0.467 e. The van der Waals surface area contributed by atoms with Crippen molar-refractivity contribution in [2.24, 2.45) is 0 Å². The van der Waals surface area contributed by atoms with E-state index in [0.29, 0.717) is 33.7 Å². The molecule has 132 valence electrons. The van der Waals surface area contributed by atoms with E-state index in [1.54, 1.807) is 13.8 Å². The number of rotatable bonds is 4. The van der Waals surface area contributed by atoms with Crippen LogP contribution in [0.5, 0.6) is 5.75 Å². The lowest BCUT2D eigenvalue weighted by molar-refractivity contribution is -0.0183. The van der Waals surface area contributed by atoms with Crippen LogP contribution in [-0.2, 0) is 22.7 Å². The largest absolute Gasteiger partial charge is 0.467 e. The van der Waals surface area contributed by atoms with Gasteiger partial charge in [-0.2, -0.15) is 0 Å². The number of carbonyl (C=O) groups is 2. The molecule has 0 atom stereocenters. The number of carbonyl (C=O) groups excluding carboxylic acids is 2. The number of aromatic nitrogens is 1. The Balaban J connectivity index is 1.81. The van der Waals surface area contributed by atoms with Gasteiger partial charge in [0.15, 0.2) is 12.6 Å². The van der Waals surface area contributed by atoms with Gasteiger partial charge in [-0.25, -0.2) is 9.18 Å². The van der Waals surface area contributed by atoms with Gasteiger partial charge in [0.1, 0.15) is 23.9 Å². The molecule has 0 spiro atoms. The van der Waals surface area contributed by atoms with Crippen LogP contribution in [0.3, 0.4) is 0 Å². The molecule has 1 N–H and O–H groups in total. The normalized spacial score (nSPS) is 13.1. The third-order valence-electron chi connectivity index (χ3n) is 4.10. The Labute approximate surface area is 143 Å². The van der Waals surface area contributed by atoms with Crippen LogP contribution in [0, 0.1) is 19.7 Å². The molecule has 0 bridgehead atoms. The molecule has 1 aliphatic heterocycles. The zero-order valence-electron chi connectivity index (χ0n) is 14.2. The van der Waals surface area contributed by atoms with Crippen molar-refractivity contribution in [1.29, 1.82) is 0 Å². The van der Waals surface area contributed by atoms with E-state index in [-0.39, 0.29) is 31.5 Å². The summed E-state index contributed by atoms with van der Waals surface area (Å²) >= 11 is 0. The van der Waals surface area contributed by atoms with Gasteiger partial charge in [0.2, 0.25) is 0 Å². The standard InChI is InChI=1S/C18H18FNO5/c1-9-15(11(3)21)10(2)20-16(9)18(22)24-7-13-5-14(19)4-12-6-23-8-25-17(12)13/h4-5,20H,6-8H2,1-3H3. The number of benzene rings is 1. The summed E-state index contributed by atoms with van der Waals surface area (Å²) in [7, 11) is 0. The van der Waals surface area contributed by atoms with Gasteiger partial charge in [-0.1, -0.05) is 0 Å².